The monoisotopic (exact) mass is 354 g/mol. The molecule has 1 spiro atoms. The fourth-order valence-electron chi connectivity index (χ4n) is 5.89. The summed E-state index contributed by atoms with van der Waals surface area (Å²) < 4.78 is 11.3. The quantitative estimate of drug-likeness (QED) is 0.611. The Balaban J connectivity index is 1.62. The van der Waals surface area contributed by atoms with E-state index < -0.39 is 5.97 Å². The number of rotatable bonds is 4. The highest BCUT2D eigenvalue weighted by molar-refractivity contribution is 6.20. The smallest absolute Gasteiger partial charge is 0.341 e. The minimum absolute atomic E-state index is 0.0117. The van der Waals surface area contributed by atoms with Crippen LogP contribution in [0.2, 0.25) is 0 Å². The molecule has 2 bridgehead atoms. The average molecular weight is 354 g/mol. The first-order valence-electron chi connectivity index (χ1n) is 9.40. The largest absolute Gasteiger partial charge is 0.465 e. The molecule has 0 aliphatic heterocycles. The third-order valence-corrected chi connectivity index (χ3v) is 6.74. The Labute approximate surface area is 154 Å². The molecule has 0 heterocycles. The number of fused-ring (bicyclic) bond motifs is 1. The molecule has 0 radical (unpaired) electrons. The van der Waals surface area contributed by atoms with Crippen LogP contribution in [0.3, 0.4) is 0 Å². The third kappa shape index (κ3) is 2.46. The Morgan fingerprint density at radius 3 is 2.65 bits per heavy atom. The molecule has 2 fully saturated rings. The van der Waals surface area contributed by atoms with Crippen molar-refractivity contribution < 1.29 is 19.1 Å². The maximum atomic E-state index is 13.1. The van der Waals surface area contributed by atoms with E-state index in [1.54, 1.807) is 0 Å². The SMILES string of the molecule is COC(=O)C1=C[C@@]23CC[C@@H](C2)[C@H](OCc2ccccc2)C(C)(C)[C@@H]3C1=O. The topological polar surface area (TPSA) is 52.6 Å². The van der Waals surface area contributed by atoms with Gasteiger partial charge >= 0.3 is 5.97 Å². The summed E-state index contributed by atoms with van der Waals surface area (Å²) in [6.07, 6.45) is 4.85. The summed E-state index contributed by atoms with van der Waals surface area (Å²) in [6.45, 7) is 4.81. The van der Waals surface area contributed by atoms with Crippen molar-refractivity contribution in [2.75, 3.05) is 7.11 Å². The normalized spacial score (nSPS) is 34.3. The Hall–Kier alpha value is -1.94. The fourth-order valence-corrected chi connectivity index (χ4v) is 5.89. The van der Waals surface area contributed by atoms with E-state index in [-0.39, 0.29) is 34.2 Å². The number of allylic oxidation sites excluding steroid dienone is 1. The minimum Gasteiger partial charge on any atom is -0.465 e. The van der Waals surface area contributed by atoms with Crippen LogP contribution < -0.4 is 0 Å². The number of ketones is 1. The average Bonchev–Trinajstić information content (AvgIpc) is 3.14. The van der Waals surface area contributed by atoms with E-state index >= 15 is 0 Å². The van der Waals surface area contributed by atoms with Gasteiger partial charge in [0.05, 0.1) is 25.4 Å². The van der Waals surface area contributed by atoms with Gasteiger partial charge in [-0.1, -0.05) is 50.3 Å². The van der Waals surface area contributed by atoms with Crippen LogP contribution in [-0.4, -0.2) is 25.0 Å². The molecular weight excluding hydrogens is 328 g/mol. The van der Waals surface area contributed by atoms with Crippen molar-refractivity contribution in [3.8, 4) is 0 Å². The Morgan fingerprint density at radius 2 is 1.96 bits per heavy atom. The lowest BCUT2D eigenvalue weighted by molar-refractivity contribution is -0.152. The van der Waals surface area contributed by atoms with E-state index in [1.165, 1.54) is 7.11 Å². The van der Waals surface area contributed by atoms with Crippen LogP contribution >= 0.6 is 0 Å². The number of methoxy groups -OCH3 is 1. The van der Waals surface area contributed by atoms with E-state index in [9.17, 15) is 9.59 Å². The van der Waals surface area contributed by atoms with Crippen molar-refractivity contribution >= 4 is 11.8 Å². The lowest BCUT2D eigenvalue weighted by Crippen LogP contribution is -2.52. The lowest BCUT2D eigenvalue weighted by Gasteiger charge is -2.50. The standard InChI is InChI=1S/C22H26O4/c1-21(2)18-17(23)16(20(24)25-3)12-22(18)10-9-15(11-22)19(21)26-13-14-7-5-4-6-8-14/h4-8,12,15,18-19H,9-11,13H2,1-3H3/t15-,18-,19-,22+/m0/s1. The number of hydrogen-bond donors (Lipinski definition) is 0. The van der Waals surface area contributed by atoms with E-state index in [0.717, 1.165) is 24.8 Å². The highest BCUT2D eigenvalue weighted by atomic mass is 16.5. The second kappa shape index (κ2) is 6.05. The number of ether oxygens (including phenoxy) is 2. The second-order valence-corrected chi connectivity index (χ2v) is 8.62. The Bertz CT molecular complexity index is 764. The van der Waals surface area contributed by atoms with E-state index in [4.69, 9.17) is 9.47 Å². The van der Waals surface area contributed by atoms with Gasteiger partial charge in [-0.15, -0.1) is 0 Å². The first-order valence-corrected chi connectivity index (χ1v) is 9.40. The molecule has 0 amide bonds. The number of hydrogen-bond acceptors (Lipinski definition) is 4. The number of carbonyl (C=O) groups is 2. The van der Waals surface area contributed by atoms with Gasteiger partial charge in [0, 0.05) is 16.7 Å². The van der Waals surface area contributed by atoms with Gasteiger partial charge in [0.25, 0.3) is 0 Å². The molecule has 4 nitrogen and oxygen atoms in total. The molecule has 0 saturated heterocycles. The summed E-state index contributed by atoms with van der Waals surface area (Å²) in [6, 6.07) is 10.1. The maximum Gasteiger partial charge on any atom is 0.341 e. The van der Waals surface area contributed by atoms with Crippen molar-refractivity contribution in [1.29, 1.82) is 0 Å². The van der Waals surface area contributed by atoms with Crippen LogP contribution in [0.1, 0.15) is 38.7 Å². The second-order valence-electron chi connectivity index (χ2n) is 8.62. The van der Waals surface area contributed by atoms with Crippen LogP contribution in [-0.2, 0) is 25.7 Å². The molecule has 4 heteroatoms. The molecule has 1 aromatic rings. The molecule has 0 aromatic heterocycles. The van der Waals surface area contributed by atoms with Gasteiger partial charge in [0.2, 0.25) is 0 Å². The number of Topliss-reactive ketones (excluding diaryl/α,β-unsaturated/α-hetero) is 1. The molecule has 4 atom stereocenters. The molecular formula is C22H26O4. The third-order valence-electron chi connectivity index (χ3n) is 6.74. The van der Waals surface area contributed by atoms with Crippen LogP contribution in [0.4, 0.5) is 0 Å². The van der Waals surface area contributed by atoms with Gasteiger partial charge in [0.15, 0.2) is 5.78 Å². The van der Waals surface area contributed by atoms with Crippen molar-refractivity contribution in [1.82, 2.24) is 0 Å². The van der Waals surface area contributed by atoms with Crippen molar-refractivity contribution in [2.45, 2.75) is 45.8 Å². The summed E-state index contributed by atoms with van der Waals surface area (Å²) in [5, 5.41) is 0. The molecule has 2 saturated carbocycles. The van der Waals surface area contributed by atoms with Crippen molar-refractivity contribution in [3.63, 3.8) is 0 Å². The van der Waals surface area contributed by atoms with Crippen LogP contribution in [0, 0.1) is 22.7 Å². The molecule has 4 rings (SSSR count). The number of esters is 1. The van der Waals surface area contributed by atoms with Crippen LogP contribution in [0.5, 0.6) is 0 Å². The zero-order valence-corrected chi connectivity index (χ0v) is 15.7. The summed E-state index contributed by atoms with van der Waals surface area (Å²) >= 11 is 0. The zero-order valence-electron chi connectivity index (χ0n) is 15.7. The van der Waals surface area contributed by atoms with Gasteiger partial charge in [-0.3, -0.25) is 4.79 Å². The van der Waals surface area contributed by atoms with Crippen LogP contribution in [0.15, 0.2) is 42.0 Å². The number of carbonyl (C=O) groups excluding carboxylic acids is 2. The fraction of sp³-hybridized carbons (Fsp3) is 0.545. The Morgan fingerprint density at radius 1 is 1.23 bits per heavy atom. The molecule has 3 aliphatic carbocycles. The highest BCUT2D eigenvalue weighted by Gasteiger charge is 2.65. The predicted octanol–water partition coefficient (Wildman–Crippen LogP) is 3.70. The first-order chi connectivity index (χ1) is 12.4. The zero-order chi connectivity index (χ0) is 18.5. The molecule has 138 valence electrons. The Kier molecular flexibility index (Phi) is 4.07. The van der Waals surface area contributed by atoms with Crippen molar-refractivity contribution in [2.24, 2.45) is 22.7 Å². The summed E-state index contributed by atoms with van der Waals surface area (Å²) in [5.74, 6) is -0.343. The number of benzene rings is 1. The van der Waals surface area contributed by atoms with E-state index in [0.29, 0.717) is 12.5 Å². The summed E-state index contributed by atoms with van der Waals surface area (Å²) in [7, 11) is 1.34. The predicted molar refractivity (Wildman–Crippen MR) is 97.2 cm³/mol. The molecule has 3 aliphatic rings. The summed E-state index contributed by atoms with van der Waals surface area (Å²) in [5.41, 5.74) is 0.873. The molecule has 1 aromatic carbocycles. The van der Waals surface area contributed by atoms with Gasteiger partial charge < -0.3 is 9.47 Å². The summed E-state index contributed by atoms with van der Waals surface area (Å²) in [4.78, 5) is 25.2. The molecule has 26 heavy (non-hydrogen) atoms. The van der Waals surface area contributed by atoms with E-state index in [2.05, 4.69) is 26.0 Å². The lowest BCUT2D eigenvalue weighted by atomic mass is 9.56. The maximum absolute atomic E-state index is 13.1. The molecule has 0 N–H and O–H groups in total. The first kappa shape index (κ1) is 17.5. The van der Waals surface area contributed by atoms with Gasteiger partial charge in [-0.25, -0.2) is 4.79 Å². The van der Waals surface area contributed by atoms with Crippen LogP contribution in [0.25, 0.3) is 0 Å². The van der Waals surface area contributed by atoms with Crippen molar-refractivity contribution in [3.05, 3.63) is 47.5 Å². The van der Waals surface area contributed by atoms with Gasteiger partial charge in [-0.05, 0) is 30.7 Å². The molecule has 0 unspecified atom stereocenters. The highest BCUT2D eigenvalue weighted by Crippen LogP contribution is 2.65. The van der Waals surface area contributed by atoms with E-state index in [1.807, 2.05) is 24.3 Å². The van der Waals surface area contributed by atoms with Gasteiger partial charge in [-0.2, -0.15) is 0 Å². The van der Waals surface area contributed by atoms with Gasteiger partial charge in [0.1, 0.15) is 0 Å². The minimum atomic E-state index is -0.500.